The highest BCUT2D eigenvalue weighted by Crippen LogP contribution is 2.29. The van der Waals surface area contributed by atoms with Crippen molar-refractivity contribution in [3.8, 4) is 0 Å². The van der Waals surface area contributed by atoms with E-state index in [2.05, 4.69) is 15.9 Å². The molecule has 19 heavy (non-hydrogen) atoms. The van der Waals surface area contributed by atoms with Crippen molar-refractivity contribution in [1.29, 1.82) is 0 Å². The lowest BCUT2D eigenvalue weighted by Crippen LogP contribution is -2.16. The Kier molecular flexibility index (Phi) is 3.96. The Labute approximate surface area is 117 Å². The summed E-state index contributed by atoms with van der Waals surface area (Å²) in [5.41, 5.74) is 6.37. The van der Waals surface area contributed by atoms with E-state index < -0.39 is 23.5 Å². The normalized spacial score (nSPS) is 12.5. The van der Waals surface area contributed by atoms with Crippen LogP contribution in [-0.2, 0) is 0 Å². The summed E-state index contributed by atoms with van der Waals surface area (Å²) in [5, 5.41) is 0. The minimum absolute atomic E-state index is 0.0656. The molecule has 0 radical (unpaired) electrons. The summed E-state index contributed by atoms with van der Waals surface area (Å²) in [7, 11) is 0. The first-order valence-corrected chi connectivity index (χ1v) is 6.36. The van der Waals surface area contributed by atoms with Crippen molar-refractivity contribution in [2.45, 2.75) is 13.0 Å². The van der Waals surface area contributed by atoms with Crippen LogP contribution in [0.15, 0.2) is 34.8 Å². The second-order valence-corrected chi connectivity index (χ2v) is 5.10. The van der Waals surface area contributed by atoms with Gasteiger partial charge in [0.15, 0.2) is 0 Å². The van der Waals surface area contributed by atoms with Crippen LogP contribution in [0.3, 0.4) is 0 Å². The van der Waals surface area contributed by atoms with E-state index in [0.29, 0.717) is 0 Å². The third-order valence-corrected chi connectivity index (χ3v) is 3.54. The molecule has 0 saturated heterocycles. The molecule has 0 aliphatic carbocycles. The molecule has 2 aromatic carbocycles. The van der Waals surface area contributed by atoms with E-state index in [1.54, 1.807) is 6.07 Å². The number of aryl methyl sites for hydroxylation is 1. The molecule has 5 heteroatoms. The standard InChI is InChI=1S/C14H11BrF3N/c1-7-5-9(12(17)6-11(7)16)14(19)8-3-2-4-10(15)13(8)18/h2-6,14H,19H2,1H3. The Morgan fingerprint density at radius 2 is 1.74 bits per heavy atom. The third-order valence-electron chi connectivity index (χ3n) is 2.93. The van der Waals surface area contributed by atoms with E-state index in [1.807, 2.05) is 0 Å². The van der Waals surface area contributed by atoms with Crippen LogP contribution in [0.5, 0.6) is 0 Å². The topological polar surface area (TPSA) is 26.0 Å². The van der Waals surface area contributed by atoms with Crippen LogP contribution in [0.1, 0.15) is 22.7 Å². The molecule has 0 heterocycles. The summed E-state index contributed by atoms with van der Waals surface area (Å²) < 4.78 is 41.1. The fourth-order valence-electron chi connectivity index (χ4n) is 1.85. The van der Waals surface area contributed by atoms with E-state index in [0.717, 1.165) is 6.07 Å². The molecule has 0 aliphatic rings. The summed E-state index contributed by atoms with van der Waals surface area (Å²) in [4.78, 5) is 0. The molecule has 2 N–H and O–H groups in total. The number of hydrogen-bond acceptors (Lipinski definition) is 1. The summed E-state index contributed by atoms with van der Waals surface area (Å²) in [6.45, 7) is 1.50. The second-order valence-electron chi connectivity index (χ2n) is 4.24. The molecule has 2 rings (SSSR count). The molecule has 0 aromatic heterocycles. The van der Waals surface area contributed by atoms with Gasteiger partial charge in [0.05, 0.1) is 10.5 Å². The molecule has 0 aliphatic heterocycles. The number of benzene rings is 2. The number of hydrogen-bond donors (Lipinski definition) is 1. The van der Waals surface area contributed by atoms with Gasteiger partial charge >= 0.3 is 0 Å². The molecule has 1 atom stereocenters. The maximum absolute atomic E-state index is 13.9. The van der Waals surface area contributed by atoms with Crippen LogP contribution in [0.25, 0.3) is 0 Å². The zero-order valence-corrected chi connectivity index (χ0v) is 11.6. The van der Waals surface area contributed by atoms with Crippen molar-refractivity contribution in [2.24, 2.45) is 5.73 Å². The van der Waals surface area contributed by atoms with Crippen molar-refractivity contribution in [3.63, 3.8) is 0 Å². The molecule has 100 valence electrons. The summed E-state index contributed by atoms with van der Waals surface area (Å²) >= 11 is 3.05. The maximum Gasteiger partial charge on any atom is 0.142 e. The lowest BCUT2D eigenvalue weighted by molar-refractivity contribution is 0.552. The Morgan fingerprint density at radius 3 is 2.42 bits per heavy atom. The minimum atomic E-state index is -0.989. The SMILES string of the molecule is Cc1cc(C(N)c2cccc(Br)c2F)c(F)cc1F. The molecule has 0 fully saturated rings. The molecule has 1 nitrogen and oxygen atoms in total. The van der Waals surface area contributed by atoms with Crippen LogP contribution in [0, 0.1) is 24.4 Å². The van der Waals surface area contributed by atoms with Crippen molar-refractivity contribution in [2.75, 3.05) is 0 Å². The van der Waals surface area contributed by atoms with E-state index >= 15 is 0 Å². The fourth-order valence-corrected chi connectivity index (χ4v) is 2.23. The number of rotatable bonds is 2. The van der Waals surface area contributed by atoms with Crippen LogP contribution in [-0.4, -0.2) is 0 Å². The van der Waals surface area contributed by atoms with Gasteiger partial charge < -0.3 is 5.73 Å². The van der Waals surface area contributed by atoms with Crippen molar-refractivity contribution >= 4 is 15.9 Å². The molecule has 2 aromatic rings. The van der Waals surface area contributed by atoms with Gasteiger partial charge in [-0.15, -0.1) is 0 Å². The molecule has 0 saturated carbocycles. The van der Waals surface area contributed by atoms with Crippen molar-refractivity contribution in [1.82, 2.24) is 0 Å². The first kappa shape index (κ1) is 14.1. The zero-order valence-electron chi connectivity index (χ0n) is 10.1. The van der Waals surface area contributed by atoms with E-state index in [9.17, 15) is 13.2 Å². The Hall–Kier alpha value is -1.33. The molecule has 0 bridgehead atoms. The lowest BCUT2D eigenvalue weighted by Gasteiger charge is -2.16. The highest BCUT2D eigenvalue weighted by atomic mass is 79.9. The first-order valence-electron chi connectivity index (χ1n) is 5.57. The highest BCUT2D eigenvalue weighted by molar-refractivity contribution is 9.10. The van der Waals surface area contributed by atoms with Crippen molar-refractivity contribution in [3.05, 3.63) is 68.9 Å². The third kappa shape index (κ3) is 2.67. The number of nitrogens with two attached hydrogens (primary N) is 1. The highest BCUT2D eigenvalue weighted by Gasteiger charge is 2.19. The fraction of sp³-hybridized carbons (Fsp3) is 0.143. The smallest absolute Gasteiger partial charge is 0.142 e. The van der Waals surface area contributed by atoms with Crippen LogP contribution >= 0.6 is 15.9 Å². The Morgan fingerprint density at radius 1 is 1.05 bits per heavy atom. The zero-order chi connectivity index (χ0) is 14.2. The quantitative estimate of drug-likeness (QED) is 0.876. The average molecular weight is 330 g/mol. The van der Waals surface area contributed by atoms with Crippen LogP contribution < -0.4 is 5.73 Å². The van der Waals surface area contributed by atoms with Crippen LogP contribution in [0.2, 0.25) is 0 Å². The monoisotopic (exact) mass is 329 g/mol. The van der Waals surface area contributed by atoms with E-state index in [4.69, 9.17) is 5.73 Å². The largest absolute Gasteiger partial charge is 0.320 e. The predicted molar refractivity (Wildman–Crippen MR) is 71.2 cm³/mol. The van der Waals surface area contributed by atoms with Gasteiger partial charge in [-0.1, -0.05) is 12.1 Å². The van der Waals surface area contributed by atoms with Gasteiger partial charge in [-0.05, 0) is 40.5 Å². The average Bonchev–Trinajstić information content (AvgIpc) is 2.36. The summed E-state index contributed by atoms with van der Waals surface area (Å²) in [5.74, 6) is -1.98. The second kappa shape index (κ2) is 5.35. The molecule has 1 unspecified atom stereocenters. The van der Waals surface area contributed by atoms with E-state index in [-0.39, 0.29) is 21.2 Å². The first-order chi connectivity index (χ1) is 8.91. The molecule has 0 spiro atoms. The van der Waals surface area contributed by atoms with Gasteiger partial charge in [-0.25, -0.2) is 13.2 Å². The van der Waals surface area contributed by atoms with Crippen LogP contribution in [0.4, 0.5) is 13.2 Å². The van der Waals surface area contributed by atoms with E-state index in [1.165, 1.54) is 25.1 Å². The van der Waals surface area contributed by atoms with Gasteiger partial charge in [-0.3, -0.25) is 0 Å². The van der Waals surface area contributed by atoms with Gasteiger partial charge in [0.1, 0.15) is 17.5 Å². The van der Waals surface area contributed by atoms with Gasteiger partial charge in [0.2, 0.25) is 0 Å². The minimum Gasteiger partial charge on any atom is -0.320 e. The molecule has 0 amide bonds. The van der Waals surface area contributed by atoms with Gasteiger partial charge in [0.25, 0.3) is 0 Å². The van der Waals surface area contributed by atoms with Crippen molar-refractivity contribution < 1.29 is 13.2 Å². The molecular weight excluding hydrogens is 319 g/mol. The Balaban J connectivity index is 2.53. The summed E-state index contributed by atoms with van der Waals surface area (Å²) in [6, 6.07) is 5.68. The van der Waals surface area contributed by atoms with Gasteiger partial charge in [-0.2, -0.15) is 0 Å². The Bertz CT molecular complexity index is 628. The number of halogens is 4. The summed E-state index contributed by atoms with van der Waals surface area (Å²) in [6.07, 6.45) is 0. The maximum atomic E-state index is 13.9. The molecular formula is C14H11BrF3N. The predicted octanol–water partition coefficient (Wildman–Crippen LogP) is 4.22. The lowest BCUT2D eigenvalue weighted by atomic mass is 9.97. The van der Waals surface area contributed by atoms with Gasteiger partial charge in [0, 0.05) is 17.2 Å².